The molecule has 3 aromatic carbocycles. The van der Waals surface area contributed by atoms with Crippen LogP contribution in [0.25, 0.3) is 10.9 Å². The number of carbonyl (C=O) groups is 1. The van der Waals surface area contributed by atoms with Gasteiger partial charge in [0, 0.05) is 17.3 Å². The van der Waals surface area contributed by atoms with E-state index in [1.165, 1.54) is 0 Å². The van der Waals surface area contributed by atoms with Gasteiger partial charge in [-0.1, -0.05) is 36.4 Å². The Morgan fingerprint density at radius 2 is 1.52 bits per heavy atom. The topological polar surface area (TPSA) is 60.5 Å². The van der Waals surface area contributed by atoms with Crippen molar-refractivity contribution in [2.45, 2.75) is 0 Å². The molecular formula is C22H16N2O3. The number of nitrogens with zero attached hydrogens (tertiary/aromatic N) is 1. The van der Waals surface area contributed by atoms with Crippen molar-refractivity contribution in [2.75, 3.05) is 5.32 Å². The summed E-state index contributed by atoms with van der Waals surface area (Å²) >= 11 is 0. The second-order valence-electron chi connectivity index (χ2n) is 5.79. The maximum Gasteiger partial charge on any atom is 0.417 e. The molecule has 1 amide bonds. The molecule has 5 heteroatoms. The number of hydrogen-bond acceptors (Lipinski definition) is 4. The second-order valence-corrected chi connectivity index (χ2v) is 5.79. The van der Waals surface area contributed by atoms with Gasteiger partial charge in [0.25, 0.3) is 0 Å². The Morgan fingerprint density at radius 1 is 0.778 bits per heavy atom. The van der Waals surface area contributed by atoms with E-state index in [1.54, 1.807) is 36.5 Å². The highest BCUT2D eigenvalue weighted by Crippen LogP contribution is 2.25. The van der Waals surface area contributed by atoms with Crippen molar-refractivity contribution >= 4 is 22.7 Å². The SMILES string of the molecule is O=C(Nc1ccc(Oc2ccccc2)cc1)Oc1cccc2cccnc12. The predicted octanol–water partition coefficient (Wildman–Crippen LogP) is 5.64. The van der Waals surface area contributed by atoms with Gasteiger partial charge in [-0.25, -0.2) is 4.79 Å². The van der Waals surface area contributed by atoms with Crippen LogP contribution in [-0.4, -0.2) is 11.1 Å². The summed E-state index contributed by atoms with van der Waals surface area (Å²) in [7, 11) is 0. The van der Waals surface area contributed by atoms with Gasteiger partial charge in [-0.3, -0.25) is 10.3 Å². The van der Waals surface area contributed by atoms with E-state index in [4.69, 9.17) is 9.47 Å². The number of fused-ring (bicyclic) bond motifs is 1. The van der Waals surface area contributed by atoms with Crippen molar-refractivity contribution in [3.05, 3.63) is 91.1 Å². The third kappa shape index (κ3) is 4.04. The predicted molar refractivity (Wildman–Crippen MR) is 104 cm³/mol. The summed E-state index contributed by atoms with van der Waals surface area (Å²) in [5.74, 6) is 1.84. The van der Waals surface area contributed by atoms with Crippen molar-refractivity contribution in [3.63, 3.8) is 0 Å². The van der Waals surface area contributed by atoms with E-state index in [0.717, 1.165) is 11.1 Å². The van der Waals surface area contributed by atoms with Gasteiger partial charge < -0.3 is 9.47 Å². The third-order valence-electron chi connectivity index (χ3n) is 3.88. The molecule has 0 spiro atoms. The molecule has 0 aliphatic carbocycles. The van der Waals surface area contributed by atoms with Crippen LogP contribution in [0.5, 0.6) is 17.2 Å². The van der Waals surface area contributed by atoms with Gasteiger partial charge >= 0.3 is 6.09 Å². The first-order valence-electron chi connectivity index (χ1n) is 8.43. The smallest absolute Gasteiger partial charge is 0.417 e. The molecule has 27 heavy (non-hydrogen) atoms. The molecule has 132 valence electrons. The first kappa shape index (κ1) is 16.6. The van der Waals surface area contributed by atoms with E-state index in [1.807, 2.05) is 54.6 Å². The van der Waals surface area contributed by atoms with Crippen LogP contribution in [0.1, 0.15) is 0 Å². The van der Waals surface area contributed by atoms with Crippen LogP contribution in [0.15, 0.2) is 91.1 Å². The van der Waals surface area contributed by atoms with Crippen LogP contribution < -0.4 is 14.8 Å². The Morgan fingerprint density at radius 3 is 2.33 bits per heavy atom. The zero-order valence-electron chi connectivity index (χ0n) is 14.3. The number of anilines is 1. The fourth-order valence-corrected chi connectivity index (χ4v) is 2.63. The average Bonchev–Trinajstić information content (AvgIpc) is 2.71. The fourth-order valence-electron chi connectivity index (χ4n) is 2.63. The molecule has 4 aromatic rings. The Balaban J connectivity index is 1.42. The molecule has 1 aromatic heterocycles. The summed E-state index contributed by atoms with van der Waals surface area (Å²) in [5.41, 5.74) is 1.25. The Bertz CT molecular complexity index is 1060. The maximum absolute atomic E-state index is 12.2. The van der Waals surface area contributed by atoms with Crippen molar-refractivity contribution in [3.8, 4) is 17.2 Å². The van der Waals surface area contributed by atoms with Crippen molar-refractivity contribution in [2.24, 2.45) is 0 Å². The van der Waals surface area contributed by atoms with Gasteiger partial charge in [0.15, 0.2) is 5.75 Å². The molecule has 0 radical (unpaired) electrons. The van der Waals surface area contributed by atoms with E-state index >= 15 is 0 Å². The van der Waals surface area contributed by atoms with Crippen LogP contribution in [-0.2, 0) is 0 Å². The molecule has 0 aliphatic heterocycles. The standard InChI is InChI=1S/C22H16N2O3/c25-22(27-20-10-4-6-16-7-5-15-23-21(16)20)24-17-11-13-19(14-12-17)26-18-8-2-1-3-9-18/h1-15H,(H,24,25). The first-order chi connectivity index (χ1) is 13.3. The molecule has 0 unspecified atom stereocenters. The number of ether oxygens (including phenoxy) is 2. The number of carbonyl (C=O) groups excluding carboxylic acids is 1. The van der Waals surface area contributed by atoms with E-state index in [2.05, 4.69) is 10.3 Å². The quantitative estimate of drug-likeness (QED) is 0.514. The molecule has 0 fully saturated rings. The number of benzene rings is 3. The molecule has 5 nitrogen and oxygen atoms in total. The van der Waals surface area contributed by atoms with Gasteiger partial charge in [0.05, 0.1) is 0 Å². The first-order valence-corrected chi connectivity index (χ1v) is 8.43. The molecule has 1 N–H and O–H groups in total. The van der Waals surface area contributed by atoms with E-state index in [0.29, 0.717) is 22.7 Å². The lowest BCUT2D eigenvalue weighted by Crippen LogP contribution is -2.16. The zero-order valence-corrected chi connectivity index (χ0v) is 14.3. The number of hydrogen-bond donors (Lipinski definition) is 1. The fraction of sp³-hybridized carbons (Fsp3) is 0. The lowest BCUT2D eigenvalue weighted by atomic mass is 10.2. The van der Waals surface area contributed by atoms with Gasteiger partial charge in [-0.15, -0.1) is 0 Å². The minimum atomic E-state index is -0.579. The molecule has 0 aliphatic rings. The molecular weight excluding hydrogens is 340 g/mol. The highest BCUT2D eigenvalue weighted by Gasteiger charge is 2.09. The zero-order chi connectivity index (χ0) is 18.5. The maximum atomic E-state index is 12.2. The number of para-hydroxylation sites is 2. The Labute approximate surface area is 156 Å². The summed E-state index contributed by atoms with van der Waals surface area (Å²) < 4.78 is 11.1. The second kappa shape index (κ2) is 7.58. The van der Waals surface area contributed by atoms with Crippen LogP contribution in [0.4, 0.5) is 10.5 Å². The number of rotatable bonds is 4. The monoisotopic (exact) mass is 356 g/mol. The summed E-state index contributed by atoms with van der Waals surface area (Å²) in [5, 5.41) is 3.61. The van der Waals surface area contributed by atoms with Crippen molar-refractivity contribution in [1.29, 1.82) is 0 Å². The Hall–Kier alpha value is -3.86. The average molecular weight is 356 g/mol. The third-order valence-corrected chi connectivity index (χ3v) is 3.88. The summed E-state index contributed by atoms with van der Waals surface area (Å²) in [4.78, 5) is 16.5. The summed E-state index contributed by atoms with van der Waals surface area (Å²) in [6.07, 6.45) is 1.09. The number of aromatic nitrogens is 1. The lowest BCUT2D eigenvalue weighted by Gasteiger charge is -2.09. The van der Waals surface area contributed by atoms with Gasteiger partial charge in [0.1, 0.15) is 17.0 Å². The molecule has 0 saturated heterocycles. The van der Waals surface area contributed by atoms with E-state index in [9.17, 15) is 4.79 Å². The van der Waals surface area contributed by atoms with Crippen molar-refractivity contribution < 1.29 is 14.3 Å². The van der Waals surface area contributed by atoms with E-state index in [-0.39, 0.29) is 0 Å². The minimum Gasteiger partial charge on any atom is -0.457 e. The normalized spacial score (nSPS) is 10.4. The van der Waals surface area contributed by atoms with Gasteiger partial charge in [0.2, 0.25) is 0 Å². The highest BCUT2D eigenvalue weighted by molar-refractivity contribution is 5.91. The molecule has 0 bridgehead atoms. The van der Waals surface area contributed by atoms with Crippen LogP contribution in [0.3, 0.4) is 0 Å². The Kier molecular flexibility index (Phi) is 4.66. The number of amides is 1. The van der Waals surface area contributed by atoms with Crippen LogP contribution in [0, 0.1) is 0 Å². The summed E-state index contributed by atoms with van der Waals surface area (Å²) in [6, 6.07) is 25.8. The van der Waals surface area contributed by atoms with E-state index < -0.39 is 6.09 Å². The van der Waals surface area contributed by atoms with Crippen molar-refractivity contribution in [1.82, 2.24) is 4.98 Å². The van der Waals surface area contributed by atoms with Gasteiger partial charge in [-0.2, -0.15) is 0 Å². The molecule has 0 saturated carbocycles. The molecule has 4 rings (SSSR count). The number of pyridine rings is 1. The molecule has 0 atom stereocenters. The molecule has 1 heterocycles. The largest absolute Gasteiger partial charge is 0.457 e. The summed E-state index contributed by atoms with van der Waals surface area (Å²) in [6.45, 7) is 0. The number of nitrogens with one attached hydrogen (secondary N) is 1. The van der Waals surface area contributed by atoms with Gasteiger partial charge in [-0.05, 0) is 48.5 Å². The lowest BCUT2D eigenvalue weighted by molar-refractivity contribution is 0.215. The van der Waals surface area contributed by atoms with Crippen LogP contribution in [0.2, 0.25) is 0 Å². The minimum absolute atomic E-state index is 0.412. The highest BCUT2D eigenvalue weighted by atomic mass is 16.6. The van der Waals surface area contributed by atoms with Crippen LogP contribution >= 0.6 is 0 Å².